The molecule has 0 spiro atoms. The Bertz CT molecular complexity index is 585. The number of aliphatic carboxylic acids is 1. The van der Waals surface area contributed by atoms with E-state index in [0.29, 0.717) is 12.2 Å². The van der Waals surface area contributed by atoms with Gasteiger partial charge in [0, 0.05) is 0 Å². The maximum absolute atomic E-state index is 12.3. The lowest BCUT2D eigenvalue weighted by molar-refractivity contribution is -0.147. The first-order valence-corrected chi connectivity index (χ1v) is 9.63. The number of carboxylic acid groups (broad SMARTS) is 1. The fourth-order valence-electron chi connectivity index (χ4n) is 2.69. The second kappa shape index (κ2) is 9.75. The zero-order valence-electron chi connectivity index (χ0n) is 16.9. The van der Waals surface area contributed by atoms with Crippen molar-refractivity contribution in [3.05, 3.63) is 29.8 Å². The molecular weight excluding hydrogens is 328 g/mol. The first-order chi connectivity index (χ1) is 12.1. The zero-order valence-corrected chi connectivity index (χ0v) is 16.9. The molecule has 0 saturated carbocycles. The Morgan fingerprint density at radius 1 is 0.923 bits per heavy atom. The van der Waals surface area contributed by atoms with Gasteiger partial charge in [-0.15, -0.1) is 0 Å². The molecule has 146 valence electrons. The van der Waals surface area contributed by atoms with Gasteiger partial charge in [0.1, 0.15) is 5.75 Å². The van der Waals surface area contributed by atoms with E-state index in [-0.39, 0.29) is 5.97 Å². The highest BCUT2D eigenvalue weighted by Crippen LogP contribution is 2.27. The summed E-state index contributed by atoms with van der Waals surface area (Å²) >= 11 is 0. The van der Waals surface area contributed by atoms with Crippen LogP contribution < -0.4 is 4.74 Å². The SMILES string of the molecule is CCCCC(C)(C)C(=O)Oc1ccc(CCCCC(C)(C)C(=O)O)cc1. The molecule has 0 aliphatic rings. The van der Waals surface area contributed by atoms with Crippen molar-refractivity contribution in [2.24, 2.45) is 10.8 Å². The normalized spacial score (nSPS) is 12.0. The van der Waals surface area contributed by atoms with Gasteiger partial charge in [-0.05, 0) is 71.1 Å². The third-order valence-electron chi connectivity index (χ3n) is 4.94. The highest BCUT2D eigenvalue weighted by molar-refractivity contribution is 5.78. The molecule has 4 nitrogen and oxygen atoms in total. The minimum Gasteiger partial charge on any atom is -0.481 e. The molecule has 0 fully saturated rings. The predicted molar refractivity (Wildman–Crippen MR) is 104 cm³/mol. The van der Waals surface area contributed by atoms with Gasteiger partial charge >= 0.3 is 11.9 Å². The van der Waals surface area contributed by atoms with E-state index in [1.165, 1.54) is 5.56 Å². The van der Waals surface area contributed by atoms with Crippen LogP contribution in [0.2, 0.25) is 0 Å². The number of benzene rings is 1. The molecule has 0 heterocycles. The molecular formula is C22H34O4. The topological polar surface area (TPSA) is 63.6 Å². The molecule has 0 radical (unpaired) electrons. The molecule has 1 aromatic carbocycles. The molecule has 1 aromatic rings. The summed E-state index contributed by atoms with van der Waals surface area (Å²) < 4.78 is 5.52. The van der Waals surface area contributed by atoms with Crippen molar-refractivity contribution in [1.82, 2.24) is 0 Å². The number of hydrogen-bond acceptors (Lipinski definition) is 3. The van der Waals surface area contributed by atoms with E-state index in [2.05, 4.69) is 6.92 Å². The van der Waals surface area contributed by atoms with Gasteiger partial charge in [-0.3, -0.25) is 9.59 Å². The van der Waals surface area contributed by atoms with E-state index < -0.39 is 16.8 Å². The lowest BCUT2D eigenvalue weighted by Crippen LogP contribution is -2.28. The number of carbonyl (C=O) groups excluding carboxylic acids is 1. The predicted octanol–water partition coefficient (Wildman–Crippen LogP) is 5.63. The third kappa shape index (κ3) is 7.19. The number of ether oxygens (including phenoxy) is 1. The second-order valence-corrected chi connectivity index (χ2v) is 8.42. The minimum absolute atomic E-state index is 0.186. The van der Waals surface area contributed by atoms with E-state index >= 15 is 0 Å². The summed E-state index contributed by atoms with van der Waals surface area (Å²) in [5.74, 6) is -0.351. The Morgan fingerprint density at radius 3 is 2.04 bits per heavy atom. The number of aryl methyl sites for hydroxylation is 1. The molecule has 0 amide bonds. The number of unbranched alkanes of at least 4 members (excludes halogenated alkanes) is 2. The lowest BCUT2D eigenvalue weighted by atomic mass is 9.87. The van der Waals surface area contributed by atoms with E-state index in [4.69, 9.17) is 9.84 Å². The molecule has 26 heavy (non-hydrogen) atoms. The maximum Gasteiger partial charge on any atom is 0.316 e. The number of esters is 1. The fourth-order valence-corrected chi connectivity index (χ4v) is 2.69. The molecule has 0 aromatic heterocycles. The van der Waals surface area contributed by atoms with Gasteiger partial charge in [-0.2, -0.15) is 0 Å². The van der Waals surface area contributed by atoms with Gasteiger partial charge in [0.2, 0.25) is 0 Å². The molecule has 0 atom stereocenters. The summed E-state index contributed by atoms with van der Waals surface area (Å²) in [6.07, 6.45) is 6.29. The number of carboxylic acids is 1. The van der Waals surface area contributed by atoms with Crippen LogP contribution in [-0.2, 0) is 16.0 Å². The molecule has 0 bridgehead atoms. The van der Waals surface area contributed by atoms with Gasteiger partial charge in [-0.1, -0.05) is 38.3 Å². The van der Waals surface area contributed by atoms with E-state index in [1.807, 2.05) is 38.1 Å². The van der Waals surface area contributed by atoms with Crippen molar-refractivity contribution < 1.29 is 19.4 Å². The van der Waals surface area contributed by atoms with Gasteiger partial charge in [0.15, 0.2) is 0 Å². The molecule has 0 aliphatic heterocycles. The van der Waals surface area contributed by atoms with Crippen LogP contribution in [-0.4, -0.2) is 17.0 Å². The van der Waals surface area contributed by atoms with Crippen LogP contribution in [0.5, 0.6) is 5.75 Å². The molecule has 1 rings (SSSR count). The van der Waals surface area contributed by atoms with E-state index in [0.717, 1.165) is 38.5 Å². The van der Waals surface area contributed by atoms with Crippen LogP contribution in [0.3, 0.4) is 0 Å². The van der Waals surface area contributed by atoms with Crippen molar-refractivity contribution in [1.29, 1.82) is 0 Å². The fraction of sp³-hybridized carbons (Fsp3) is 0.636. The molecule has 0 unspecified atom stereocenters. The van der Waals surface area contributed by atoms with Crippen LogP contribution >= 0.6 is 0 Å². The third-order valence-corrected chi connectivity index (χ3v) is 4.94. The Hall–Kier alpha value is -1.84. The molecule has 0 saturated heterocycles. The standard InChI is InChI=1S/C22H34O4/c1-6-7-15-22(4,5)20(25)26-18-13-11-17(12-14-18)10-8-9-16-21(2,3)19(23)24/h11-14H,6-10,15-16H2,1-5H3,(H,23,24). The number of rotatable bonds is 11. The van der Waals surface area contributed by atoms with Crippen molar-refractivity contribution >= 4 is 11.9 Å². The average Bonchev–Trinajstić information content (AvgIpc) is 2.58. The maximum atomic E-state index is 12.3. The highest BCUT2D eigenvalue weighted by atomic mass is 16.5. The molecule has 4 heteroatoms. The first-order valence-electron chi connectivity index (χ1n) is 9.63. The Labute approximate surface area is 158 Å². The first kappa shape index (κ1) is 22.2. The van der Waals surface area contributed by atoms with Crippen LogP contribution in [0, 0.1) is 10.8 Å². The lowest BCUT2D eigenvalue weighted by Gasteiger charge is -2.22. The summed E-state index contributed by atoms with van der Waals surface area (Å²) in [4.78, 5) is 23.4. The summed E-state index contributed by atoms with van der Waals surface area (Å²) in [6, 6.07) is 7.63. The average molecular weight is 363 g/mol. The van der Waals surface area contributed by atoms with Gasteiger partial charge in [-0.25, -0.2) is 0 Å². The number of carbonyl (C=O) groups is 2. The summed E-state index contributed by atoms with van der Waals surface area (Å²) in [5.41, 5.74) is 0.0389. The van der Waals surface area contributed by atoms with Crippen LogP contribution in [0.25, 0.3) is 0 Å². The largest absolute Gasteiger partial charge is 0.481 e. The van der Waals surface area contributed by atoms with Crippen LogP contribution in [0.15, 0.2) is 24.3 Å². The van der Waals surface area contributed by atoms with Crippen LogP contribution in [0.4, 0.5) is 0 Å². The van der Waals surface area contributed by atoms with Crippen LogP contribution in [0.1, 0.15) is 78.7 Å². The highest BCUT2D eigenvalue weighted by Gasteiger charge is 2.29. The van der Waals surface area contributed by atoms with Gasteiger partial charge in [0.25, 0.3) is 0 Å². The molecule has 0 aliphatic carbocycles. The van der Waals surface area contributed by atoms with E-state index in [9.17, 15) is 9.59 Å². The molecule has 1 N–H and O–H groups in total. The van der Waals surface area contributed by atoms with Crippen molar-refractivity contribution in [3.8, 4) is 5.75 Å². The number of hydrogen-bond donors (Lipinski definition) is 1. The second-order valence-electron chi connectivity index (χ2n) is 8.42. The van der Waals surface area contributed by atoms with Gasteiger partial charge < -0.3 is 9.84 Å². The van der Waals surface area contributed by atoms with E-state index in [1.54, 1.807) is 13.8 Å². The monoisotopic (exact) mass is 362 g/mol. The van der Waals surface area contributed by atoms with Crippen molar-refractivity contribution in [3.63, 3.8) is 0 Å². The Morgan fingerprint density at radius 2 is 1.50 bits per heavy atom. The quantitative estimate of drug-likeness (QED) is 0.315. The summed E-state index contributed by atoms with van der Waals surface area (Å²) in [7, 11) is 0. The smallest absolute Gasteiger partial charge is 0.316 e. The van der Waals surface area contributed by atoms with Gasteiger partial charge in [0.05, 0.1) is 10.8 Å². The zero-order chi connectivity index (χ0) is 19.8. The summed E-state index contributed by atoms with van der Waals surface area (Å²) in [5, 5.41) is 9.12. The van der Waals surface area contributed by atoms with Crippen molar-refractivity contribution in [2.45, 2.75) is 79.6 Å². The van der Waals surface area contributed by atoms with Crippen molar-refractivity contribution in [2.75, 3.05) is 0 Å². The Balaban J connectivity index is 2.46. The minimum atomic E-state index is -0.745. The Kier molecular flexibility index (Phi) is 8.32. The summed E-state index contributed by atoms with van der Waals surface area (Å²) in [6.45, 7) is 9.50.